The number of aliphatic hydroxyl groups excluding tert-OH is 1. The number of hydrogen-bond donors (Lipinski definition) is 2. The smallest absolute Gasteiger partial charge is 0.302 e. The summed E-state index contributed by atoms with van der Waals surface area (Å²) < 4.78 is 20.2. The van der Waals surface area contributed by atoms with Crippen molar-refractivity contribution in [3.05, 3.63) is 0 Å². The molecule has 0 amide bonds. The Labute approximate surface area is 229 Å². The van der Waals surface area contributed by atoms with E-state index in [-0.39, 0.29) is 45.8 Å². The topological polar surface area (TPSA) is 85.2 Å². The first kappa shape index (κ1) is 27.5. The Bertz CT molecular complexity index is 1030. The molecule has 3 unspecified atom stereocenters. The zero-order valence-electron chi connectivity index (χ0n) is 25.3. The first-order chi connectivity index (χ1) is 17.3. The monoisotopic (exact) mass is 532 g/mol. The van der Waals surface area contributed by atoms with Gasteiger partial charge in [-0.2, -0.15) is 0 Å². The number of ether oxygens (including phenoxy) is 3. The van der Waals surface area contributed by atoms with E-state index in [0.29, 0.717) is 18.3 Å². The molecule has 2 N–H and O–H groups in total. The van der Waals surface area contributed by atoms with Gasteiger partial charge in [0.1, 0.15) is 17.3 Å². The molecule has 4 aliphatic carbocycles. The van der Waals surface area contributed by atoms with Crippen LogP contribution in [0.1, 0.15) is 120 Å². The normalized spacial score (nSPS) is 56.9. The van der Waals surface area contributed by atoms with E-state index in [1.807, 2.05) is 0 Å². The molecule has 11 atom stereocenters. The molecule has 6 heteroatoms. The van der Waals surface area contributed by atoms with Crippen LogP contribution >= 0.6 is 0 Å². The SMILES string of the molecule is CC(=O)OC1C[C@@H]2[C@@]3(C)CC[C@@H](O)C(C)(C)C3CC[C@@]2(C)[C@]2(C)CC[C@@]3(O[C@@]4(C(C)(C)O)CC[C@]3(C)O4)C12. The van der Waals surface area contributed by atoms with Crippen LogP contribution in [0.4, 0.5) is 0 Å². The summed E-state index contributed by atoms with van der Waals surface area (Å²) in [6.07, 6.45) is 7.72. The highest BCUT2D eigenvalue weighted by atomic mass is 16.8. The highest BCUT2D eigenvalue weighted by Crippen LogP contribution is 2.79. The number of rotatable bonds is 2. The average molecular weight is 533 g/mol. The summed E-state index contributed by atoms with van der Waals surface area (Å²) in [6.45, 7) is 19.3. The summed E-state index contributed by atoms with van der Waals surface area (Å²) in [5.74, 6) is -0.442. The van der Waals surface area contributed by atoms with Crippen LogP contribution in [-0.4, -0.2) is 51.0 Å². The Morgan fingerprint density at radius 1 is 0.868 bits per heavy atom. The first-order valence-corrected chi connectivity index (χ1v) is 15.3. The van der Waals surface area contributed by atoms with Crippen LogP contribution in [0, 0.1) is 39.4 Å². The molecule has 0 radical (unpaired) electrons. The molecule has 0 aromatic heterocycles. The zero-order valence-corrected chi connectivity index (χ0v) is 25.3. The zero-order chi connectivity index (χ0) is 27.9. The van der Waals surface area contributed by atoms with E-state index < -0.39 is 22.6 Å². The maximum absolute atomic E-state index is 12.7. The van der Waals surface area contributed by atoms with Gasteiger partial charge in [0.15, 0.2) is 5.79 Å². The second-order valence-electron chi connectivity index (χ2n) is 16.4. The fourth-order valence-electron chi connectivity index (χ4n) is 12.0. The van der Waals surface area contributed by atoms with Crippen LogP contribution in [0.5, 0.6) is 0 Å². The number of fused-ring (bicyclic) bond motifs is 9. The van der Waals surface area contributed by atoms with Gasteiger partial charge in [-0.1, -0.05) is 34.6 Å². The second-order valence-corrected chi connectivity index (χ2v) is 16.4. The lowest BCUT2D eigenvalue weighted by Crippen LogP contribution is -2.70. The van der Waals surface area contributed by atoms with Gasteiger partial charge in [-0.3, -0.25) is 4.79 Å². The predicted molar refractivity (Wildman–Crippen MR) is 144 cm³/mol. The van der Waals surface area contributed by atoms with Crippen LogP contribution in [0.15, 0.2) is 0 Å². The summed E-state index contributed by atoms with van der Waals surface area (Å²) in [5, 5.41) is 22.3. The van der Waals surface area contributed by atoms with Crippen LogP contribution in [-0.2, 0) is 19.0 Å². The molecular formula is C32H52O6. The molecule has 0 aromatic rings. The van der Waals surface area contributed by atoms with Crippen molar-refractivity contribution in [2.24, 2.45) is 39.4 Å². The molecule has 4 saturated carbocycles. The lowest BCUT2D eigenvalue weighted by atomic mass is 9.35. The van der Waals surface area contributed by atoms with Crippen molar-refractivity contribution in [2.45, 2.75) is 155 Å². The van der Waals surface area contributed by atoms with E-state index in [1.54, 1.807) is 13.8 Å². The molecular weight excluding hydrogens is 480 g/mol. The van der Waals surface area contributed by atoms with Crippen LogP contribution < -0.4 is 0 Å². The number of aliphatic hydroxyl groups is 2. The summed E-state index contributed by atoms with van der Waals surface area (Å²) in [6, 6.07) is 0. The van der Waals surface area contributed by atoms with Crippen molar-refractivity contribution in [1.29, 1.82) is 0 Å². The molecule has 1 spiro atoms. The number of hydrogen-bond acceptors (Lipinski definition) is 6. The van der Waals surface area contributed by atoms with Gasteiger partial charge in [0.2, 0.25) is 0 Å². The maximum Gasteiger partial charge on any atom is 0.302 e. The van der Waals surface area contributed by atoms with Gasteiger partial charge in [0.25, 0.3) is 0 Å². The third kappa shape index (κ3) is 2.97. The third-order valence-electron chi connectivity index (χ3n) is 14.2. The Morgan fingerprint density at radius 3 is 2.16 bits per heavy atom. The van der Waals surface area contributed by atoms with Crippen LogP contribution in [0.2, 0.25) is 0 Å². The Balaban J connectivity index is 1.48. The molecule has 6 aliphatic rings. The standard InChI is InChI=1S/C32H52O6/c1-19(33)36-20-18-22-27(6)12-11-23(34)25(2,3)21(27)10-13-28(22,7)29(8)14-16-31(24(20)29)30(9)15-17-32(37-30,38-31)26(4,5)35/h20-24,34-35H,10-18H2,1-9H3/t20?,21?,22-,23-,24?,27+,28-,29-,30+,31-,32-/m1/s1. The van der Waals surface area contributed by atoms with Gasteiger partial charge in [-0.15, -0.1) is 0 Å². The number of carbonyl (C=O) groups is 1. The minimum Gasteiger partial charge on any atom is -0.462 e. The quantitative estimate of drug-likeness (QED) is 0.440. The van der Waals surface area contributed by atoms with Crippen molar-refractivity contribution in [1.82, 2.24) is 0 Å². The minimum absolute atomic E-state index is 0.00276. The summed E-state index contributed by atoms with van der Waals surface area (Å²) in [5.41, 5.74) is -2.39. The fraction of sp³-hybridized carbons (Fsp3) is 0.969. The molecule has 6 fully saturated rings. The predicted octanol–water partition coefficient (Wildman–Crippen LogP) is 5.76. The van der Waals surface area contributed by atoms with E-state index in [1.165, 1.54) is 6.92 Å². The van der Waals surface area contributed by atoms with Gasteiger partial charge in [0.05, 0.1) is 11.7 Å². The van der Waals surface area contributed by atoms with Crippen molar-refractivity contribution < 1.29 is 29.2 Å². The molecule has 2 saturated heterocycles. The van der Waals surface area contributed by atoms with Crippen LogP contribution in [0.25, 0.3) is 0 Å². The average Bonchev–Trinajstić information content (AvgIpc) is 3.39. The molecule has 38 heavy (non-hydrogen) atoms. The van der Waals surface area contributed by atoms with Gasteiger partial charge >= 0.3 is 5.97 Å². The fourth-order valence-corrected chi connectivity index (χ4v) is 12.0. The van der Waals surface area contributed by atoms with E-state index in [0.717, 1.165) is 51.4 Å². The Kier molecular flexibility index (Phi) is 5.48. The highest BCUT2D eigenvalue weighted by molar-refractivity contribution is 5.66. The Morgan fingerprint density at radius 2 is 1.55 bits per heavy atom. The number of esters is 1. The lowest BCUT2D eigenvalue weighted by molar-refractivity contribution is -0.296. The maximum atomic E-state index is 12.7. The van der Waals surface area contributed by atoms with E-state index >= 15 is 0 Å². The largest absolute Gasteiger partial charge is 0.462 e. The van der Waals surface area contributed by atoms with Crippen LogP contribution in [0.3, 0.4) is 0 Å². The first-order valence-electron chi connectivity index (χ1n) is 15.3. The van der Waals surface area contributed by atoms with Gasteiger partial charge < -0.3 is 24.4 Å². The molecule has 6 rings (SSSR count). The van der Waals surface area contributed by atoms with Gasteiger partial charge in [-0.05, 0) is 106 Å². The molecule has 2 bridgehead atoms. The molecule has 2 aliphatic heterocycles. The summed E-state index contributed by atoms with van der Waals surface area (Å²) in [4.78, 5) is 12.7. The molecule has 6 nitrogen and oxygen atoms in total. The molecule has 0 aromatic carbocycles. The van der Waals surface area contributed by atoms with Crippen molar-refractivity contribution in [3.8, 4) is 0 Å². The molecule has 2 heterocycles. The van der Waals surface area contributed by atoms with Crippen molar-refractivity contribution >= 4 is 5.97 Å². The second kappa shape index (κ2) is 7.57. The lowest BCUT2D eigenvalue weighted by Gasteiger charge is -2.71. The van der Waals surface area contributed by atoms with E-state index in [9.17, 15) is 15.0 Å². The van der Waals surface area contributed by atoms with Gasteiger partial charge in [-0.25, -0.2) is 0 Å². The molecule has 216 valence electrons. The van der Waals surface area contributed by atoms with E-state index in [2.05, 4.69) is 41.5 Å². The third-order valence-corrected chi connectivity index (χ3v) is 14.2. The highest BCUT2D eigenvalue weighted by Gasteiger charge is 2.82. The van der Waals surface area contributed by atoms with Crippen molar-refractivity contribution in [3.63, 3.8) is 0 Å². The summed E-state index contributed by atoms with van der Waals surface area (Å²) >= 11 is 0. The minimum atomic E-state index is -1.13. The van der Waals surface area contributed by atoms with E-state index in [4.69, 9.17) is 14.2 Å². The number of carbonyl (C=O) groups excluding carboxylic acids is 1. The van der Waals surface area contributed by atoms with Crippen molar-refractivity contribution in [2.75, 3.05) is 0 Å². The Hall–Kier alpha value is -0.690. The summed E-state index contributed by atoms with van der Waals surface area (Å²) in [7, 11) is 0. The van der Waals surface area contributed by atoms with Gasteiger partial charge in [0, 0.05) is 19.3 Å².